The molecule has 1 N–H and O–H groups in total. The Morgan fingerprint density at radius 2 is 2.05 bits per heavy atom. The Morgan fingerprint density at radius 3 is 2.55 bits per heavy atom. The van der Waals surface area contributed by atoms with E-state index < -0.39 is 0 Å². The summed E-state index contributed by atoms with van der Waals surface area (Å²) in [6.07, 6.45) is 3.58. The van der Waals surface area contributed by atoms with Crippen molar-refractivity contribution in [3.05, 3.63) is 15.8 Å². The summed E-state index contributed by atoms with van der Waals surface area (Å²) in [6, 6.07) is 0.188. The van der Waals surface area contributed by atoms with Gasteiger partial charge in [-0.2, -0.15) is 5.10 Å². The maximum atomic E-state index is 11.3. The zero-order valence-electron chi connectivity index (χ0n) is 13.1. The van der Waals surface area contributed by atoms with Crippen LogP contribution in [0.4, 0.5) is 11.5 Å². The highest BCUT2D eigenvalue weighted by atomic mass is 16.6. The van der Waals surface area contributed by atoms with E-state index in [1.165, 1.54) is 0 Å². The van der Waals surface area contributed by atoms with Gasteiger partial charge in [0.25, 0.3) is 0 Å². The molecule has 1 aromatic heterocycles. The van der Waals surface area contributed by atoms with Crippen LogP contribution >= 0.6 is 0 Å². The lowest BCUT2D eigenvalue weighted by Crippen LogP contribution is -2.20. The van der Waals surface area contributed by atoms with Crippen molar-refractivity contribution in [2.75, 3.05) is 5.32 Å². The molecule has 6 nitrogen and oxygen atoms in total. The number of nitro groups is 1. The lowest BCUT2D eigenvalue weighted by Gasteiger charge is -2.18. The first-order valence-corrected chi connectivity index (χ1v) is 7.37. The van der Waals surface area contributed by atoms with Crippen molar-refractivity contribution in [3.8, 4) is 0 Å². The van der Waals surface area contributed by atoms with Gasteiger partial charge in [-0.1, -0.05) is 33.6 Å². The number of rotatable bonds is 8. The molecule has 114 valence electrons. The van der Waals surface area contributed by atoms with Gasteiger partial charge in [0.1, 0.15) is 5.69 Å². The van der Waals surface area contributed by atoms with Gasteiger partial charge in [-0.25, -0.2) is 4.68 Å². The first-order chi connectivity index (χ1) is 9.40. The Hall–Kier alpha value is -1.59. The molecular weight excluding hydrogens is 256 g/mol. The molecule has 0 saturated carbocycles. The Bertz CT molecular complexity index is 456. The largest absolute Gasteiger partial charge is 0.362 e. The van der Waals surface area contributed by atoms with Gasteiger partial charge >= 0.3 is 5.69 Å². The lowest BCUT2D eigenvalue weighted by molar-refractivity contribution is -0.384. The molecule has 0 aliphatic heterocycles. The fourth-order valence-corrected chi connectivity index (χ4v) is 2.39. The van der Waals surface area contributed by atoms with E-state index in [0.29, 0.717) is 23.9 Å². The van der Waals surface area contributed by atoms with Crippen molar-refractivity contribution < 1.29 is 4.92 Å². The zero-order chi connectivity index (χ0) is 15.3. The summed E-state index contributed by atoms with van der Waals surface area (Å²) in [4.78, 5) is 11.0. The van der Waals surface area contributed by atoms with Crippen LogP contribution in [0.3, 0.4) is 0 Å². The number of anilines is 1. The van der Waals surface area contributed by atoms with Crippen molar-refractivity contribution in [1.29, 1.82) is 0 Å². The molecule has 0 fully saturated rings. The topological polar surface area (TPSA) is 73.0 Å². The monoisotopic (exact) mass is 282 g/mol. The van der Waals surface area contributed by atoms with Crippen LogP contribution in [0.15, 0.2) is 0 Å². The summed E-state index contributed by atoms with van der Waals surface area (Å²) >= 11 is 0. The fraction of sp³-hybridized carbons (Fsp3) is 0.786. The average Bonchev–Trinajstić information content (AvgIpc) is 2.66. The maximum absolute atomic E-state index is 11.3. The van der Waals surface area contributed by atoms with E-state index in [0.717, 1.165) is 19.3 Å². The van der Waals surface area contributed by atoms with Crippen LogP contribution < -0.4 is 5.32 Å². The molecule has 1 aromatic rings. The van der Waals surface area contributed by atoms with E-state index in [1.54, 1.807) is 11.7 Å². The maximum Gasteiger partial charge on any atom is 0.333 e. The van der Waals surface area contributed by atoms with E-state index in [4.69, 9.17) is 0 Å². The van der Waals surface area contributed by atoms with Gasteiger partial charge in [0.05, 0.1) is 4.92 Å². The SMILES string of the molecule is CCCc1nn(C)c(NC(C)CC(C)CC)c1[N+](=O)[O-]. The molecule has 0 spiro atoms. The summed E-state index contributed by atoms with van der Waals surface area (Å²) in [5, 5.41) is 18.9. The predicted molar refractivity (Wildman–Crippen MR) is 81.0 cm³/mol. The quantitative estimate of drug-likeness (QED) is 0.585. The van der Waals surface area contributed by atoms with Crippen LogP contribution in [0.5, 0.6) is 0 Å². The third kappa shape index (κ3) is 3.95. The van der Waals surface area contributed by atoms with Gasteiger partial charge < -0.3 is 5.32 Å². The number of nitrogens with one attached hydrogen (secondary N) is 1. The molecule has 0 amide bonds. The fourth-order valence-electron chi connectivity index (χ4n) is 2.39. The molecule has 20 heavy (non-hydrogen) atoms. The molecular formula is C14H26N4O2. The second-order valence-corrected chi connectivity index (χ2v) is 5.57. The summed E-state index contributed by atoms with van der Waals surface area (Å²) in [5.74, 6) is 1.12. The molecule has 0 bridgehead atoms. The number of hydrogen-bond acceptors (Lipinski definition) is 4. The van der Waals surface area contributed by atoms with E-state index in [2.05, 4.69) is 31.2 Å². The van der Waals surface area contributed by atoms with Crippen molar-refractivity contribution >= 4 is 11.5 Å². The zero-order valence-corrected chi connectivity index (χ0v) is 13.1. The van der Waals surface area contributed by atoms with Crippen molar-refractivity contribution in [3.63, 3.8) is 0 Å². The first-order valence-electron chi connectivity index (χ1n) is 7.37. The summed E-state index contributed by atoms with van der Waals surface area (Å²) < 4.78 is 1.59. The minimum absolute atomic E-state index is 0.130. The van der Waals surface area contributed by atoms with Crippen LogP contribution in [-0.2, 0) is 13.5 Å². The number of nitrogens with zero attached hydrogens (tertiary/aromatic N) is 3. The van der Waals surface area contributed by atoms with Gasteiger partial charge in [0.2, 0.25) is 5.82 Å². The van der Waals surface area contributed by atoms with Crippen LogP contribution in [0.1, 0.15) is 52.7 Å². The van der Waals surface area contributed by atoms with Crippen LogP contribution in [0.2, 0.25) is 0 Å². The standard InChI is InChI=1S/C14H26N4O2/c1-6-8-12-13(18(19)20)14(17(5)16-12)15-11(4)9-10(3)7-2/h10-11,15H,6-9H2,1-5H3. The summed E-state index contributed by atoms with van der Waals surface area (Å²) in [7, 11) is 1.75. The lowest BCUT2D eigenvalue weighted by atomic mass is 10.0. The second kappa shape index (κ2) is 7.26. The normalized spacial score (nSPS) is 14.1. The number of aryl methyl sites for hydroxylation is 2. The molecule has 0 aliphatic carbocycles. The highest BCUT2D eigenvalue weighted by molar-refractivity contribution is 5.60. The molecule has 0 aromatic carbocycles. The Kier molecular flexibility index (Phi) is 5.98. The van der Waals surface area contributed by atoms with Crippen molar-refractivity contribution in [2.45, 2.75) is 59.4 Å². The van der Waals surface area contributed by atoms with Crippen LogP contribution in [-0.4, -0.2) is 20.7 Å². The summed E-state index contributed by atoms with van der Waals surface area (Å²) in [5.41, 5.74) is 0.698. The van der Waals surface area contributed by atoms with Gasteiger partial charge in [0.15, 0.2) is 0 Å². The third-order valence-corrected chi connectivity index (χ3v) is 3.60. The molecule has 2 unspecified atom stereocenters. The average molecular weight is 282 g/mol. The predicted octanol–water partition coefficient (Wildman–Crippen LogP) is 3.52. The molecule has 0 radical (unpaired) electrons. The number of aromatic nitrogens is 2. The smallest absolute Gasteiger partial charge is 0.333 e. The van der Waals surface area contributed by atoms with Gasteiger partial charge in [-0.3, -0.25) is 10.1 Å². The number of hydrogen-bond donors (Lipinski definition) is 1. The second-order valence-electron chi connectivity index (χ2n) is 5.57. The van der Waals surface area contributed by atoms with Crippen molar-refractivity contribution in [2.24, 2.45) is 13.0 Å². The Balaban J connectivity index is 2.96. The minimum atomic E-state index is -0.323. The van der Waals surface area contributed by atoms with Crippen molar-refractivity contribution in [1.82, 2.24) is 9.78 Å². The van der Waals surface area contributed by atoms with E-state index in [-0.39, 0.29) is 16.7 Å². The molecule has 6 heteroatoms. The minimum Gasteiger partial charge on any atom is -0.362 e. The van der Waals surface area contributed by atoms with E-state index in [9.17, 15) is 10.1 Å². The first kappa shape index (κ1) is 16.5. The molecule has 0 aliphatic rings. The third-order valence-electron chi connectivity index (χ3n) is 3.60. The van der Waals surface area contributed by atoms with Gasteiger partial charge in [-0.05, 0) is 25.7 Å². The highest BCUT2D eigenvalue weighted by Crippen LogP contribution is 2.30. The summed E-state index contributed by atoms with van der Waals surface area (Å²) in [6.45, 7) is 8.40. The Morgan fingerprint density at radius 1 is 1.40 bits per heavy atom. The molecule has 2 atom stereocenters. The molecule has 1 heterocycles. The van der Waals surface area contributed by atoms with E-state index >= 15 is 0 Å². The molecule has 1 rings (SSSR count). The highest BCUT2D eigenvalue weighted by Gasteiger charge is 2.27. The van der Waals surface area contributed by atoms with Gasteiger partial charge in [0, 0.05) is 13.1 Å². The molecule has 0 saturated heterocycles. The van der Waals surface area contributed by atoms with Gasteiger partial charge in [-0.15, -0.1) is 0 Å². The van der Waals surface area contributed by atoms with Crippen LogP contribution in [0.25, 0.3) is 0 Å². The van der Waals surface area contributed by atoms with E-state index in [1.807, 2.05) is 6.92 Å². The van der Waals surface area contributed by atoms with Crippen LogP contribution in [0, 0.1) is 16.0 Å². The Labute approximate surface area is 120 Å².